The van der Waals surface area contributed by atoms with E-state index < -0.39 is 6.03 Å². The third-order valence-electron chi connectivity index (χ3n) is 1.41. The summed E-state index contributed by atoms with van der Waals surface area (Å²) in [6.07, 6.45) is 0. The summed E-state index contributed by atoms with van der Waals surface area (Å²) < 4.78 is 0. The molecule has 0 aromatic heterocycles. The number of benzene rings is 1. The van der Waals surface area contributed by atoms with Crippen LogP contribution in [0.2, 0.25) is 10.0 Å². The normalized spacial score (nSPS) is 9.47. The molecule has 0 fully saturated rings. The van der Waals surface area contributed by atoms with Crippen molar-refractivity contribution in [3.8, 4) is 0 Å². The molecule has 0 heterocycles. The van der Waals surface area contributed by atoms with Crippen molar-refractivity contribution in [2.45, 2.75) is 0 Å². The highest BCUT2D eigenvalue weighted by atomic mass is 35.5. The minimum Gasteiger partial charge on any atom is -0.376 e. The van der Waals surface area contributed by atoms with E-state index >= 15 is 0 Å². The standard InChI is InChI=1S/C8H7Cl2N3OS/c9-5-2-1-4(3-6(5)10)12-8(14)13-7(11)15/h1-3H,(H4,11,12,13,14,15). The Labute approximate surface area is 102 Å². The Hall–Kier alpha value is -1.04. The lowest BCUT2D eigenvalue weighted by molar-refractivity contribution is 0.256. The summed E-state index contributed by atoms with van der Waals surface area (Å²) in [5.74, 6) is 0. The van der Waals surface area contributed by atoms with E-state index in [1.54, 1.807) is 12.1 Å². The molecule has 0 unspecified atom stereocenters. The molecule has 0 aliphatic heterocycles. The van der Waals surface area contributed by atoms with Crippen molar-refractivity contribution in [3.63, 3.8) is 0 Å². The van der Waals surface area contributed by atoms with E-state index in [0.717, 1.165) is 0 Å². The minimum atomic E-state index is -0.527. The van der Waals surface area contributed by atoms with Gasteiger partial charge in [-0.1, -0.05) is 23.2 Å². The van der Waals surface area contributed by atoms with Crippen LogP contribution in [-0.4, -0.2) is 11.1 Å². The zero-order valence-corrected chi connectivity index (χ0v) is 9.71. The first kappa shape index (κ1) is 12.0. The molecule has 0 saturated heterocycles. The first-order valence-corrected chi connectivity index (χ1v) is 4.98. The van der Waals surface area contributed by atoms with Crippen LogP contribution >= 0.6 is 35.4 Å². The maximum atomic E-state index is 11.2. The third-order valence-corrected chi connectivity index (χ3v) is 2.26. The number of thiocarbonyl (C=S) groups is 1. The van der Waals surface area contributed by atoms with E-state index in [2.05, 4.69) is 22.9 Å². The Morgan fingerprint density at radius 1 is 1.33 bits per heavy atom. The van der Waals surface area contributed by atoms with Gasteiger partial charge < -0.3 is 11.1 Å². The molecule has 0 aliphatic carbocycles. The van der Waals surface area contributed by atoms with Crippen molar-refractivity contribution in [3.05, 3.63) is 28.2 Å². The lowest BCUT2D eigenvalue weighted by Crippen LogP contribution is -2.37. The van der Waals surface area contributed by atoms with Gasteiger partial charge in [-0.3, -0.25) is 5.32 Å². The van der Waals surface area contributed by atoms with Gasteiger partial charge >= 0.3 is 6.03 Å². The summed E-state index contributed by atoms with van der Waals surface area (Å²) >= 11 is 15.9. The second-order valence-electron chi connectivity index (χ2n) is 2.57. The predicted octanol–water partition coefficient (Wildman–Crippen LogP) is 2.36. The molecule has 4 nitrogen and oxygen atoms in total. The number of urea groups is 1. The van der Waals surface area contributed by atoms with Crippen LogP contribution in [-0.2, 0) is 0 Å². The second kappa shape index (κ2) is 5.16. The van der Waals surface area contributed by atoms with Crippen molar-refractivity contribution in [2.24, 2.45) is 5.73 Å². The van der Waals surface area contributed by atoms with Gasteiger partial charge in [0.25, 0.3) is 0 Å². The second-order valence-corrected chi connectivity index (χ2v) is 3.83. The van der Waals surface area contributed by atoms with Gasteiger partial charge in [0, 0.05) is 5.69 Å². The van der Waals surface area contributed by atoms with E-state index in [-0.39, 0.29) is 5.11 Å². The van der Waals surface area contributed by atoms with Crippen molar-refractivity contribution >= 4 is 52.3 Å². The Morgan fingerprint density at radius 3 is 2.53 bits per heavy atom. The third kappa shape index (κ3) is 3.91. The topological polar surface area (TPSA) is 67.1 Å². The van der Waals surface area contributed by atoms with Crippen molar-refractivity contribution < 1.29 is 4.79 Å². The van der Waals surface area contributed by atoms with Gasteiger partial charge in [0.15, 0.2) is 5.11 Å². The number of carbonyl (C=O) groups is 1. The van der Waals surface area contributed by atoms with Gasteiger partial charge in [-0.25, -0.2) is 4.79 Å². The number of carbonyl (C=O) groups excluding carboxylic acids is 1. The minimum absolute atomic E-state index is 0.104. The van der Waals surface area contributed by atoms with Gasteiger partial charge in [-0.05, 0) is 30.4 Å². The monoisotopic (exact) mass is 263 g/mol. The zero-order chi connectivity index (χ0) is 11.4. The van der Waals surface area contributed by atoms with E-state index in [1.165, 1.54) is 6.07 Å². The lowest BCUT2D eigenvalue weighted by atomic mass is 10.3. The van der Waals surface area contributed by atoms with Crippen LogP contribution in [0, 0.1) is 0 Å². The fourth-order valence-electron chi connectivity index (χ4n) is 0.848. The maximum absolute atomic E-state index is 11.2. The average Bonchev–Trinajstić information content (AvgIpc) is 2.10. The van der Waals surface area contributed by atoms with Crippen LogP contribution in [0.5, 0.6) is 0 Å². The highest BCUT2D eigenvalue weighted by Gasteiger charge is 2.04. The van der Waals surface area contributed by atoms with Crippen molar-refractivity contribution in [1.82, 2.24) is 5.32 Å². The Morgan fingerprint density at radius 2 is 2.00 bits per heavy atom. The van der Waals surface area contributed by atoms with Crippen molar-refractivity contribution in [1.29, 1.82) is 0 Å². The molecule has 0 aliphatic rings. The molecular formula is C8H7Cl2N3OS. The molecule has 7 heteroatoms. The smallest absolute Gasteiger partial charge is 0.325 e. The van der Waals surface area contributed by atoms with Gasteiger partial charge in [0.1, 0.15) is 0 Å². The summed E-state index contributed by atoms with van der Waals surface area (Å²) in [4.78, 5) is 11.2. The quantitative estimate of drug-likeness (QED) is 0.682. The summed E-state index contributed by atoms with van der Waals surface area (Å²) in [5.41, 5.74) is 5.61. The molecule has 0 atom stereocenters. The largest absolute Gasteiger partial charge is 0.376 e. The van der Waals surface area contributed by atoms with Crippen LogP contribution in [0.25, 0.3) is 0 Å². The Balaban J connectivity index is 2.69. The van der Waals surface area contributed by atoms with Crippen LogP contribution in [0.1, 0.15) is 0 Å². The number of nitrogens with one attached hydrogen (secondary N) is 2. The van der Waals surface area contributed by atoms with Crippen LogP contribution in [0.4, 0.5) is 10.5 Å². The maximum Gasteiger partial charge on any atom is 0.325 e. The molecule has 0 radical (unpaired) electrons. The van der Waals surface area contributed by atoms with Crippen LogP contribution in [0.15, 0.2) is 18.2 Å². The summed E-state index contributed by atoms with van der Waals surface area (Å²) in [7, 11) is 0. The van der Waals surface area contributed by atoms with Gasteiger partial charge in [0.2, 0.25) is 0 Å². The predicted molar refractivity (Wildman–Crippen MR) is 65.4 cm³/mol. The highest BCUT2D eigenvalue weighted by Crippen LogP contribution is 2.24. The Kier molecular flexibility index (Phi) is 4.14. The van der Waals surface area contributed by atoms with Crippen molar-refractivity contribution in [2.75, 3.05) is 5.32 Å². The number of halogens is 2. The molecule has 2 amide bonds. The molecule has 0 spiro atoms. The molecular weight excluding hydrogens is 257 g/mol. The molecule has 4 N–H and O–H groups in total. The number of hydrogen-bond donors (Lipinski definition) is 3. The number of nitrogens with two attached hydrogens (primary N) is 1. The van der Waals surface area contributed by atoms with E-state index in [4.69, 9.17) is 28.9 Å². The van der Waals surface area contributed by atoms with E-state index in [0.29, 0.717) is 15.7 Å². The molecule has 1 rings (SSSR count). The molecule has 15 heavy (non-hydrogen) atoms. The highest BCUT2D eigenvalue weighted by molar-refractivity contribution is 7.80. The van der Waals surface area contributed by atoms with Crippen LogP contribution < -0.4 is 16.4 Å². The van der Waals surface area contributed by atoms with E-state index in [1.807, 2.05) is 0 Å². The number of hydrogen-bond acceptors (Lipinski definition) is 2. The number of anilines is 1. The zero-order valence-electron chi connectivity index (χ0n) is 7.38. The summed E-state index contributed by atoms with van der Waals surface area (Å²) in [6, 6.07) is 4.16. The Bertz CT molecular complexity index is 411. The number of rotatable bonds is 1. The van der Waals surface area contributed by atoms with Gasteiger partial charge in [0.05, 0.1) is 10.0 Å². The molecule has 1 aromatic carbocycles. The summed E-state index contributed by atoms with van der Waals surface area (Å²) in [5, 5.41) is 5.35. The fraction of sp³-hybridized carbons (Fsp3) is 0. The first-order chi connectivity index (χ1) is 6.99. The number of amides is 2. The van der Waals surface area contributed by atoms with Gasteiger partial charge in [-0.15, -0.1) is 0 Å². The molecule has 0 bridgehead atoms. The van der Waals surface area contributed by atoms with E-state index in [9.17, 15) is 4.79 Å². The SMILES string of the molecule is NC(=S)NC(=O)Nc1ccc(Cl)c(Cl)c1. The lowest BCUT2D eigenvalue weighted by Gasteiger charge is -2.06. The average molecular weight is 264 g/mol. The van der Waals surface area contributed by atoms with Crippen LogP contribution in [0.3, 0.4) is 0 Å². The fourth-order valence-corrected chi connectivity index (χ4v) is 1.24. The molecule has 1 aromatic rings. The molecule has 80 valence electrons. The molecule has 0 saturated carbocycles. The first-order valence-electron chi connectivity index (χ1n) is 3.81. The summed E-state index contributed by atoms with van der Waals surface area (Å²) in [6.45, 7) is 0. The van der Waals surface area contributed by atoms with Gasteiger partial charge in [-0.2, -0.15) is 0 Å².